The van der Waals surface area contributed by atoms with Gasteiger partial charge in [0, 0.05) is 5.92 Å². The highest BCUT2D eigenvalue weighted by Crippen LogP contribution is 2.11. The zero-order valence-corrected chi connectivity index (χ0v) is 5.57. The van der Waals surface area contributed by atoms with Crippen molar-refractivity contribution in [2.45, 2.75) is 0 Å². The van der Waals surface area contributed by atoms with E-state index in [1.807, 2.05) is 24.3 Å². The van der Waals surface area contributed by atoms with E-state index in [4.69, 9.17) is 10.2 Å². The molecule has 1 rings (SSSR count). The Labute approximate surface area is 59.8 Å². The summed E-state index contributed by atoms with van der Waals surface area (Å²) in [6, 6.07) is 0. The van der Waals surface area contributed by atoms with Gasteiger partial charge in [0.05, 0.1) is 6.61 Å². The Morgan fingerprint density at radius 1 is 1.40 bits per heavy atom. The summed E-state index contributed by atoms with van der Waals surface area (Å²) in [5, 5.41) is 17.3. The van der Waals surface area contributed by atoms with Crippen molar-refractivity contribution in [1.82, 2.24) is 0 Å². The second kappa shape index (κ2) is 3.22. The van der Waals surface area contributed by atoms with Crippen LogP contribution in [0.25, 0.3) is 0 Å². The molecule has 0 heterocycles. The zero-order valence-electron chi connectivity index (χ0n) is 5.57. The smallest absolute Gasteiger partial charge is 0.115 e. The summed E-state index contributed by atoms with van der Waals surface area (Å²) in [4.78, 5) is 0. The number of allylic oxidation sites excluding steroid dienone is 5. The molecule has 0 spiro atoms. The van der Waals surface area contributed by atoms with Gasteiger partial charge in [-0.1, -0.05) is 24.3 Å². The Morgan fingerprint density at radius 3 is 2.50 bits per heavy atom. The Kier molecular flexibility index (Phi) is 2.29. The summed E-state index contributed by atoms with van der Waals surface area (Å²) in [6.45, 7) is -0.280. The van der Waals surface area contributed by atoms with E-state index >= 15 is 0 Å². The SMILES string of the molecule is OC/C(O)=C/C1C=CC=C1. The van der Waals surface area contributed by atoms with Gasteiger partial charge < -0.3 is 10.2 Å². The molecule has 0 radical (unpaired) electrons. The van der Waals surface area contributed by atoms with Gasteiger partial charge in [-0.2, -0.15) is 0 Å². The highest BCUT2D eigenvalue weighted by Gasteiger charge is 2.00. The van der Waals surface area contributed by atoms with Crippen LogP contribution in [-0.4, -0.2) is 16.8 Å². The molecule has 0 aromatic rings. The van der Waals surface area contributed by atoms with Crippen molar-refractivity contribution in [3.63, 3.8) is 0 Å². The third kappa shape index (κ3) is 1.74. The van der Waals surface area contributed by atoms with E-state index in [9.17, 15) is 0 Å². The molecule has 0 aliphatic heterocycles. The second-order valence-corrected chi connectivity index (χ2v) is 2.16. The van der Waals surface area contributed by atoms with Gasteiger partial charge in [-0.15, -0.1) is 0 Å². The first-order valence-corrected chi connectivity index (χ1v) is 3.18. The zero-order chi connectivity index (χ0) is 7.40. The van der Waals surface area contributed by atoms with Crippen molar-refractivity contribution in [3.8, 4) is 0 Å². The Hall–Kier alpha value is -1.02. The fourth-order valence-corrected chi connectivity index (χ4v) is 0.835. The van der Waals surface area contributed by atoms with Crippen LogP contribution in [0.4, 0.5) is 0 Å². The first-order chi connectivity index (χ1) is 4.83. The van der Waals surface area contributed by atoms with Gasteiger partial charge in [0.15, 0.2) is 0 Å². The van der Waals surface area contributed by atoms with Gasteiger partial charge in [-0.25, -0.2) is 0 Å². The number of hydrogen-bond acceptors (Lipinski definition) is 2. The Morgan fingerprint density at radius 2 is 2.00 bits per heavy atom. The summed E-state index contributed by atoms with van der Waals surface area (Å²) in [5.74, 6) is 0.188. The van der Waals surface area contributed by atoms with E-state index in [-0.39, 0.29) is 18.3 Å². The average molecular weight is 138 g/mol. The van der Waals surface area contributed by atoms with Gasteiger partial charge in [0.2, 0.25) is 0 Å². The van der Waals surface area contributed by atoms with Gasteiger partial charge in [-0.05, 0) is 6.08 Å². The lowest BCUT2D eigenvalue weighted by molar-refractivity contribution is 0.251. The second-order valence-electron chi connectivity index (χ2n) is 2.16. The van der Waals surface area contributed by atoms with E-state index in [1.165, 1.54) is 0 Å². The predicted octanol–water partition coefficient (Wildman–Crippen LogP) is 1.16. The van der Waals surface area contributed by atoms with E-state index in [0.717, 1.165) is 0 Å². The quantitative estimate of drug-likeness (QED) is 0.562. The Bertz CT molecular complexity index is 177. The molecule has 0 fully saturated rings. The normalized spacial score (nSPS) is 18.7. The largest absolute Gasteiger partial charge is 0.510 e. The van der Waals surface area contributed by atoms with E-state index in [1.54, 1.807) is 6.08 Å². The van der Waals surface area contributed by atoms with Crippen LogP contribution in [0.3, 0.4) is 0 Å². The molecule has 1 aliphatic carbocycles. The molecule has 0 unspecified atom stereocenters. The molecule has 0 saturated heterocycles. The van der Waals surface area contributed by atoms with E-state index in [0.29, 0.717) is 0 Å². The maximum Gasteiger partial charge on any atom is 0.115 e. The standard InChI is InChI=1S/C8H10O2/c9-6-8(10)5-7-3-1-2-4-7/h1-5,7,9-10H,6H2/b8-5-. The van der Waals surface area contributed by atoms with Gasteiger partial charge in [-0.3, -0.25) is 0 Å². The summed E-state index contributed by atoms with van der Waals surface area (Å²) < 4.78 is 0. The van der Waals surface area contributed by atoms with Crippen molar-refractivity contribution in [1.29, 1.82) is 0 Å². The van der Waals surface area contributed by atoms with Gasteiger partial charge >= 0.3 is 0 Å². The maximum atomic E-state index is 8.86. The molecule has 0 aromatic carbocycles. The lowest BCUT2D eigenvalue weighted by atomic mass is 10.1. The summed E-state index contributed by atoms with van der Waals surface area (Å²) in [6.07, 6.45) is 9.30. The molecular formula is C8H10O2. The van der Waals surface area contributed by atoms with Crippen LogP contribution in [0, 0.1) is 5.92 Å². The van der Waals surface area contributed by atoms with Crippen LogP contribution >= 0.6 is 0 Å². The topological polar surface area (TPSA) is 40.5 Å². The van der Waals surface area contributed by atoms with Crippen molar-refractivity contribution in [2.24, 2.45) is 5.92 Å². The number of hydrogen-bond donors (Lipinski definition) is 2. The number of aliphatic hydroxyl groups excluding tert-OH is 2. The van der Waals surface area contributed by atoms with Gasteiger partial charge in [0.25, 0.3) is 0 Å². The van der Waals surface area contributed by atoms with Crippen LogP contribution < -0.4 is 0 Å². The van der Waals surface area contributed by atoms with Crippen molar-refractivity contribution in [3.05, 3.63) is 36.1 Å². The van der Waals surface area contributed by atoms with Gasteiger partial charge in [0.1, 0.15) is 5.76 Å². The minimum Gasteiger partial charge on any atom is -0.510 e. The molecule has 1 aliphatic rings. The third-order valence-electron chi connectivity index (χ3n) is 1.32. The molecule has 10 heavy (non-hydrogen) atoms. The molecule has 0 aromatic heterocycles. The summed E-state index contributed by atoms with van der Waals surface area (Å²) in [5.41, 5.74) is 0. The third-order valence-corrected chi connectivity index (χ3v) is 1.32. The Balaban J connectivity index is 2.52. The fourth-order valence-electron chi connectivity index (χ4n) is 0.835. The van der Waals surface area contributed by atoms with Crippen LogP contribution in [0.15, 0.2) is 36.1 Å². The monoisotopic (exact) mass is 138 g/mol. The maximum absolute atomic E-state index is 8.86. The molecule has 2 nitrogen and oxygen atoms in total. The predicted molar refractivity (Wildman–Crippen MR) is 39.6 cm³/mol. The molecule has 0 saturated carbocycles. The molecule has 0 atom stereocenters. The molecular weight excluding hydrogens is 128 g/mol. The van der Waals surface area contributed by atoms with Crippen LogP contribution in [0.2, 0.25) is 0 Å². The first-order valence-electron chi connectivity index (χ1n) is 3.18. The minimum absolute atomic E-state index is 0.0289. The van der Waals surface area contributed by atoms with E-state index < -0.39 is 0 Å². The molecule has 2 N–H and O–H groups in total. The molecule has 0 bridgehead atoms. The first kappa shape index (κ1) is 7.09. The van der Waals surface area contributed by atoms with Crippen LogP contribution in [0.1, 0.15) is 0 Å². The van der Waals surface area contributed by atoms with Crippen molar-refractivity contribution >= 4 is 0 Å². The minimum atomic E-state index is -0.280. The summed E-state index contributed by atoms with van der Waals surface area (Å²) >= 11 is 0. The molecule has 2 heteroatoms. The number of aliphatic hydroxyl groups is 2. The summed E-state index contributed by atoms with van der Waals surface area (Å²) in [7, 11) is 0. The fraction of sp³-hybridized carbons (Fsp3) is 0.250. The lowest BCUT2D eigenvalue weighted by Gasteiger charge is -1.97. The highest BCUT2D eigenvalue weighted by molar-refractivity contribution is 5.23. The lowest BCUT2D eigenvalue weighted by Crippen LogP contribution is -1.91. The van der Waals surface area contributed by atoms with Crippen LogP contribution in [-0.2, 0) is 0 Å². The molecule has 0 amide bonds. The molecule has 54 valence electrons. The van der Waals surface area contributed by atoms with Crippen molar-refractivity contribution in [2.75, 3.05) is 6.61 Å². The number of rotatable bonds is 2. The van der Waals surface area contributed by atoms with Crippen LogP contribution in [0.5, 0.6) is 0 Å². The highest BCUT2D eigenvalue weighted by atomic mass is 16.3. The average Bonchev–Trinajstić information content (AvgIpc) is 2.40. The van der Waals surface area contributed by atoms with Crippen molar-refractivity contribution < 1.29 is 10.2 Å². The van der Waals surface area contributed by atoms with E-state index in [2.05, 4.69) is 0 Å².